The second-order valence-electron chi connectivity index (χ2n) is 4.39. The Labute approximate surface area is 128 Å². The van der Waals surface area contributed by atoms with E-state index in [1.165, 1.54) is 11.8 Å². The van der Waals surface area contributed by atoms with Crippen molar-refractivity contribution in [3.8, 4) is 5.75 Å². The van der Waals surface area contributed by atoms with E-state index in [-0.39, 0.29) is 5.91 Å². The van der Waals surface area contributed by atoms with E-state index in [4.69, 9.17) is 10.5 Å². The van der Waals surface area contributed by atoms with Crippen LogP contribution in [0.15, 0.2) is 52.3 Å². The first kappa shape index (κ1) is 15.3. The largest absolute Gasteiger partial charge is 0.497 e. The summed E-state index contributed by atoms with van der Waals surface area (Å²) >= 11 is 1.52. The summed E-state index contributed by atoms with van der Waals surface area (Å²) in [6.45, 7) is 2.49. The molecular weight excluding hydrogens is 284 g/mol. The molecule has 0 aliphatic carbocycles. The average Bonchev–Trinajstić information content (AvgIpc) is 2.50. The lowest BCUT2D eigenvalue weighted by molar-refractivity contribution is 0.0955. The molecule has 0 saturated carbocycles. The number of hydrogen-bond donors (Lipinski definition) is 2. The molecule has 0 atom stereocenters. The van der Waals surface area contributed by atoms with Crippen LogP contribution in [0.5, 0.6) is 5.75 Å². The van der Waals surface area contributed by atoms with Crippen LogP contribution in [0.2, 0.25) is 0 Å². The molecule has 4 nitrogen and oxygen atoms in total. The second-order valence-corrected chi connectivity index (χ2v) is 5.51. The highest BCUT2D eigenvalue weighted by atomic mass is 32.2. The van der Waals surface area contributed by atoms with Crippen LogP contribution in [0.3, 0.4) is 0 Å². The van der Waals surface area contributed by atoms with Gasteiger partial charge >= 0.3 is 0 Å². The maximum absolute atomic E-state index is 11.9. The number of benzene rings is 2. The van der Waals surface area contributed by atoms with Crippen LogP contribution in [0.4, 0.5) is 5.69 Å². The Morgan fingerprint density at radius 3 is 2.57 bits per heavy atom. The van der Waals surface area contributed by atoms with Gasteiger partial charge in [0.2, 0.25) is 0 Å². The third kappa shape index (κ3) is 3.92. The van der Waals surface area contributed by atoms with Crippen molar-refractivity contribution in [1.29, 1.82) is 0 Å². The number of amides is 1. The summed E-state index contributed by atoms with van der Waals surface area (Å²) in [7, 11) is 1.63. The Bertz CT molecular complexity index is 627. The van der Waals surface area contributed by atoms with E-state index in [1.54, 1.807) is 19.2 Å². The van der Waals surface area contributed by atoms with E-state index in [9.17, 15) is 4.79 Å². The fraction of sp³-hybridized carbons (Fsp3) is 0.188. The van der Waals surface area contributed by atoms with Gasteiger partial charge in [0.1, 0.15) is 5.75 Å². The van der Waals surface area contributed by atoms with Crippen LogP contribution in [-0.4, -0.2) is 19.6 Å². The normalized spacial score (nSPS) is 10.2. The van der Waals surface area contributed by atoms with Gasteiger partial charge in [-0.2, -0.15) is 0 Å². The first-order chi connectivity index (χ1) is 10.1. The molecule has 1 amide bonds. The van der Waals surface area contributed by atoms with Gasteiger partial charge in [-0.1, -0.05) is 11.8 Å². The smallest absolute Gasteiger partial charge is 0.251 e. The van der Waals surface area contributed by atoms with Gasteiger partial charge in [0, 0.05) is 27.6 Å². The number of methoxy groups -OCH3 is 1. The van der Waals surface area contributed by atoms with Gasteiger partial charge in [0.25, 0.3) is 5.91 Å². The Morgan fingerprint density at radius 1 is 1.24 bits per heavy atom. The molecule has 0 fully saturated rings. The Morgan fingerprint density at radius 2 is 1.95 bits per heavy atom. The molecule has 0 saturated heterocycles. The quantitative estimate of drug-likeness (QED) is 0.833. The maximum Gasteiger partial charge on any atom is 0.251 e. The molecule has 110 valence electrons. The Hall–Kier alpha value is -2.14. The third-order valence-corrected chi connectivity index (χ3v) is 3.98. The van der Waals surface area contributed by atoms with Crippen LogP contribution in [-0.2, 0) is 0 Å². The number of hydrogen-bond acceptors (Lipinski definition) is 4. The first-order valence-electron chi connectivity index (χ1n) is 6.63. The van der Waals surface area contributed by atoms with Crippen molar-refractivity contribution >= 4 is 23.4 Å². The summed E-state index contributed by atoms with van der Waals surface area (Å²) in [5, 5.41) is 2.78. The fourth-order valence-corrected chi connectivity index (χ4v) is 2.70. The average molecular weight is 302 g/mol. The molecule has 2 rings (SSSR count). The van der Waals surface area contributed by atoms with Crippen molar-refractivity contribution in [3.63, 3.8) is 0 Å². The van der Waals surface area contributed by atoms with E-state index < -0.39 is 0 Å². The molecule has 2 aromatic carbocycles. The lowest BCUT2D eigenvalue weighted by Gasteiger charge is -2.09. The van der Waals surface area contributed by atoms with E-state index in [0.29, 0.717) is 17.8 Å². The number of carbonyl (C=O) groups is 1. The van der Waals surface area contributed by atoms with Gasteiger partial charge in [-0.15, -0.1) is 0 Å². The zero-order chi connectivity index (χ0) is 15.2. The van der Waals surface area contributed by atoms with Crippen LogP contribution in [0.1, 0.15) is 17.3 Å². The van der Waals surface area contributed by atoms with Gasteiger partial charge in [-0.3, -0.25) is 4.79 Å². The van der Waals surface area contributed by atoms with E-state index >= 15 is 0 Å². The summed E-state index contributed by atoms with van der Waals surface area (Å²) in [4.78, 5) is 13.8. The number of nitrogens with one attached hydrogen (secondary N) is 1. The third-order valence-electron chi connectivity index (χ3n) is 2.90. The highest BCUT2D eigenvalue weighted by Gasteiger charge is 2.09. The van der Waals surface area contributed by atoms with Gasteiger partial charge in [-0.25, -0.2) is 0 Å². The van der Waals surface area contributed by atoms with Gasteiger partial charge in [0.15, 0.2) is 0 Å². The molecule has 0 spiro atoms. The number of anilines is 1. The minimum Gasteiger partial charge on any atom is -0.497 e. The molecule has 0 aliphatic heterocycles. The number of rotatable bonds is 5. The summed E-state index contributed by atoms with van der Waals surface area (Å²) in [6.07, 6.45) is 0. The van der Waals surface area contributed by atoms with Crippen molar-refractivity contribution in [2.45, 2.75) is 16.7 Å². The molecule has 0 heterocycles. The van der Waals surface area contributed by atoms with Crippen molar-refractivity contribution < 1.29 is 9.53 Å². The molecular formula is C16H18N2O2S. The number of nitrogen functional groups attached to an aromatic ring is 1. The van der Waals surface area contributed by atoms with Gasteiger partial charge in [-0.05, 0) is 49.4 Å². The lowest BCUT2D eigenvalue weighted by Crippen LogP contribution is -2.22. The molecule has 3 N–H and O–H groups in total. The molecule has 0 bridgehead atoms. The van der Waals surface area contributed by atoms with Gasteiger partial charge < -0.3 is 15.8 Å². The molecule has 0 unspecified atom stereocenters. The molecule has 21 heavy (non-hydrogen) atoms. The van der Waals surface area contributed by atoms with E-state index in [1.807, 2.05) is 37.3 Å². The molecule has 5 heteroatoms. The van der Waals surface area contributed by atoms with Crippen LogP contribution >= 0.6 is 11.8 Å². The minimum absolute atomic E-state index is 0.0888. The molecule has 2 aromatic rings. The summed E-state index contributed by atoms with van der Waals surface area (Å²) in [6, 6.07) is 13.0. The first-order valence-corrected chi connectivity index (χ1v) is 7.45. The van der Waals surface area contributed by atoms with Crippen LogP contribution < -0.4 is 15.8 Å². The van der Waals surface area contributed by atoms with Crippen molar-refractivity contribution in [2.75, 3.05) is 19.4 Å². The number of nitrogens with two attached hydrogens (primary N) is 1. The van der Waals surface area contributed by atoms with Gasteiger partial charge in [0.05, 0.1) is 7.11 Å². The number of carbonyl (C=O) groups excluding carboxylic acids is 1. The Balaban J connectivity index is 2.21. The summed E-state index contributed by atoms with van der Waals surface area (Å²) < 4.78 is 5.13. The predicted octanol–water partition coefficient (Wildman–Crippen LogP) is 3.18. The SMILES string of the molecule is CCNC(=O)c1ccc(N)c(Sc2ccc(OC)cc2)c1. The standard InChI is InChI=1S/C16H18N2O2S/c1-3-18-16(19)11-4-9-14(17)15(10-11)21-13-7-5-12(20-2)6-8-13/h4-10H,3,17H2,1-2H3,(H,18,19). The second kappa shape index (κ2) is 7.04. The lowest BCUT2D eigenvalue weighted by atomic mass is 10.2. The zero-order valence-corrected chi connectivity index (χ0v) is 12.9. The van der Waals surface area contributed by atoms with Crippen molar-refractivity contribution in [1.82, 2.24) is 5.32 Å². The Kier molecular flexibility index (Phi) is 5.11. The molecule has 0 radical (unpaired) electrons. The minimum atomic E-state index is -0.0888. The summed E-state index contributed by atoms with van der Waals surface area (Å²) in [5.41, 5.74) is 7.26. The van der Waals surface area contributed by atoms with Crippen LogP contribution in [0.25, 0.3) is 0 Å². The monoisotopic (exact) mass is 302 g/mol. The zero-order valence-electron chi connectivity index (χ0n) is 12.1. The maximum atomic E-state index is 11.9. The van der Waals surface area contributed by atoms with Crippen LogP contribution in [0, 0.1) is 0 Å². The van der Waals surface area contributed by atoms with E-state index in [0.717, 1.165) is 15.5 Å². The fourth-order valence-electron chi connectivity index (χ4n) is 1.80. The topological polar surface area (TPSA) is 64.4 Å². The highest BCUT2D eigenvalue weighted by molar-refractivity contribution is 7.99. The van der Waals surface area contributed by atoms with E-state index in [2.05, 4.69) is 5.32 Å². The van der Waals surface area contributed by atoms with Crippen molar-refractivity contribution in [3.05, 3.63) is 48.0 Å². The highest BCUT2D eigenvalue weighted by Crippen LogP contribution is 2.33. The molecule has 0 aliphatic rings. The summed E-state index contributed by atoms with van der Waals surface area (Å²) in [5.74, 6) is 0.720. The predicted molar refractivity (Wildman–Crippen MR) is 86.0 cm³/mol. The molecule has 0 aromatic heterocycles. The number of ether oxygens (including phenoxy) is 1. The van der Waals surface area contributed by atoms with Crippen molar-refractivity contribution in [2.24, 2.45) is 0 Å².